The second-order valence-corrected chi connectivity index (χ2v) is 3.68. The smallest absolute Gasteiger partial charge is 0.0438 e. The van der Waals surface area contributed by atoms with E-state index in [1.165, 1.54) is 5.56 Å². The van der Waals surface area contributed by atoms with Crippen LogP contribution in [0.5, 0.6) is 0 Å². The minimum Gasteiger partial charge on any atom is -0.0840 e. The zero-order valence-corrected chi connectivity index (χ0v) is 8.31. The summed E-state index contributed by atoms with van der Waals surface area (Å²) in [6, 6.07) is 7.99. The van der Waals surface area contributed by atoms with Crippen LogP contribution in [0, 0.1) is 12.3 Å². The second-order valence-electron chi connectivity index (χ2n) is 3.28. The summed E-state index contributed by atoms with van der Waals surface area (Å²) in [6.45, 7) is 4.35. The van der Waals surface area contributed by atoms with E-state index in [0.717, 1.165) is 11.4 Å². The Hall–Kier alpha value is -0.490. The average Bonchev–Trinajstić information content (AvgIpc) is 2.03. The minimum absolute atomic E-state index is 0.626. The van der Waals surface area contributed by atoms with Gasteiger partial charge in [-0.3, -0.25) is 0 Å². The zero-order chi connectivity index (χ0) is 8.97. The SMILES string of the molecule is CC(C)[CH]Cc1ccccc1Cl. The van der Waals surface area contributed by atoms with Crippen molar-refractivity contribution in [3.8, 4) is 0 Å². The molecule has 0 nitrogen and oxygen atoms in total. The lowest BCUT2D eigenvalue weighted by molar-refractivity contribution is 0.732. The van der Waals surface area contributed by atoms with Crippen molar-refractivity contribution in [3.05, 3.63) is 41.3 Å². The molecule has 0 atom stereocenters. The fraction of sp³-hybridized carbons (Fsp3) is 0.364. The van der Waals surface area contributed by atoms with Gasteiger partial charge in [-0.1, -0.05) is 43.6 Å². The van der Waals surface area contributed by atoms with Crippen LogP contribution >= 0.6 is 11.6 Å². The molecule has 0 saturated carbocycles. The van der Waals surface area contributed by atoms with E-state index in [-0.39, 0.29) is 0 Å². The van der Waals surface area contributed by atoms with E-state index >= 15 is 0 Å². The number of hydrogen-bond donors (Lipinski definition) is 0. The highest BCUT2D eigenvalue weighted by molar-refractivity contribution is 6.31. The average molecular weight is 182 g/mol. The summed E-state index contributed by atoms with van der Waals surface area (Å²) in [4.78, 5) is 0. The molecule has 1 heteroatoms. The third-order valence-electron chi connectivity index (χ3n) is 1.77. The van der Waals surface area contributed by atoms with Crippen LogP contribution in [-0.2, 0) is 6.42 Å². The molecule has 12 heavy (non-hydrogen) atoms. The number of hydrogen-bond acceptors (Lipinski definition) is 0. The minimum atomic E-state index is 0.626. The molecule has 0 saturated heterocycles. The molecule has 0 aliphatic rings. The van der Waals surface area contributed by atoms with Gasteiger partial charge in [0.1, 0.15) is 0 Å². The first-order valence-electron chi connectivity index (χ1n) is 4.27. The van der Waals surface area contributed by atoms with E-state index in [0.29, 0.717) is 5.92 Å². The van der Waals surface area contributed by atoms with Crippen LogP contribution in [0.15, 0.2) is 24.3 Å². The van der Waals surface area contributed by atoms with E-state index in [1.807, 2.05) is 18.2 Å². The van der Waals surface area contributed by atoms with Crippen LogP contribution in [-0.4, -0.2) is 0 Å². The second kappa shape index (κ2) is 4.51. The molecule has 1 rings (SSSR count). The highest BCUT2D eigenvalue weighted by Crippen LogP contribution is 2.17. The first-order chi connectivity index (χ1) is 5.70. The van der Waals surface area contributed by atoms with Gasteiger partial charge in [-0.15, -0.1) is 0 Å². The molecule has 0 heterocycles. The van der Waals surface area contributed by atoms with E-state index < -0.39 is 0 Å². The number of halogens is 1. The summed E-state index contributed by atoms with van der Waals surface area (Å²) in [5.41, 5.74) is 1.22. The Labute approximate surface area is 79.6 Å². The molecule has 65 valence electrons. The molecule has 1 radical (unpaired) electrons. The van der Waals surface area contributed by atoms with Crippen LogP contribution in [0.4, 0.5) is 0 Å². The summed E-state index contributed by atoms with van der Waals surface area (Å²) >= 11 is 5.99. The monoisotopic (exact) mass is 181 g/mol. The van der Waals surface area contributed by atoms with Gasteiger partial charge in [-0.2, -0.15) is 0 Å². The lowest BCUT2D eigenvalue weighted by atomic mass is 10.0. The van der Waals surface area contributed by atoms with Crippen molar-refractivity contribution in [1.82, 2.24) is 0 Å². The van der Waals surface area contributed by atoms with Crippen LogP contribution < -0.4 is 0 Å². The Balaban J connectivity index is 2.57. The normalized spacial score (nSPS) is 10.7. The van der Waals surface area contributed by atoms with E-state index in [1.54, 1.807) is 0 Å². The largest absolute Gasteiger partial charge is 0.0840 e. The van der Waals surface area contributed by atoms with Crippen molar-refractivity contribution in [1.29, 1.82) is 0 Å². The molecule has 0 amide bonds. The van der Waals surface area contributed by atoms with E-state index in [9.17, 15) is 0 Å². The number of benzene rings is 1. The predicted molar refractivity (Wildman–Crippen MR) is 54.3 cm³/mol. The van der Waals surface area contributed by atoms with Crippen LogP contribution in [0.3, 0.4) is 0 Å². The van der Waals surface area contributed by atoms with Crippen LogP contribution in [0.1, 0.15) is 19.4 Å². The van der Waals surface area contributed by atoms with Gasteiger partial charge < -0.3 is 0 Å². The highest BCUT2D eigenvalue weighted by atomic mass is 35.5. The molecule has 0 N–H and O–H groups in total. The van der Waals surface area contributed by atoms with Gasteiger partial charge in [0.2, 0.25) is 0 Å². The first kappa shape index (κ1) is 9.60. The summed E-state index contributed by atoms with van der Waals surface area (Å²) in [6.07, 6.45) is 3.23. The van der Waals surface area contributed by atoms with Crippen molar-refractivity contribution in [2.24, 2.45) is 5.92 Å². The summed E-state index contributed by atoms with van der Waals surface area (Å²) in [5, 5.41) is 0.870. The lowest BCUT2D eigenvalue weighted by Gasteiger charge is -2.05. The first-order valence-corrected chi connectivity index (χ1v) is 4.64. The molecule has 0 aromatic heterocycles. The molecular formula is C11H14Cl. The van der Waals surface area contributed by atoms with Crippen molar-refractivity contribution in [2.75, 3.05) is 0 Å². The van der Waals surface area contributed by atoms with Crippen molar-refractivity contribution < 1.29 is 0 Å². The van der Waals surface area contributed by atoms with Gasteiger partial charge in [0, 0.05) is 5.02 Å². The molecule has 1 aromatic rings. The van der Waals surface area contributed by atoms with E-state index in [2.05, 4.69) is 26.3 Å². The molecule has 0 spiro atoms. The molecular weight excluding hydrogens is 168 g/mol. The molecule has 0 aliphatic carbocycles. The Morgan fingerprint density at radius 3 is 2.58 bits per heavy atom. The summed E-state index contributed by atoms with van der Waals surface area (Å²) in [7, 11) is 0. The molecule has 0 aliphatic heterocycles. The maximum atomic E-state index is 5.99. The van der Waals surface area contributed by atoms with Crippen molar-refractivity contribution in [3.63, 3.8) is 0 Å². The third-order valence-corrected chi connectivity index (χ3v) is 2.14. The maximum absolute atomic E-state index is 5.99. The Morgan fingerprint density at radius 2 is 2.00 bits per heavy atom. The standard InChI is InChI=1S/C11H14Cl/c1-9(2)7-8-10-5-3-4-6-11(10)12/h3-7,9H,8H2,1-2H3. The van der Waals surface area contributed by atoms with Crippen molar-refractivity contribution in [2.45, 2.75) is 20.3 Å². The predicted octanol–water partition coefficient (Wildman–Crippen LogP) is 3.74. The highest BCUT2D eigenvalue weighted by Gasteiger charge is 2.00. The number of rotatable bonds is 3. The zero-order valence-electron chi connectivity index (χ0n) is 7.55. The topological polar surface area (TPSA) is 0 Å². The van der Waals surface area contributed by atoms with Crippen molar-refractivity contribution >= 4 is 11.6 Å². The fourth-order valence-electron chi connectivity index (χ4n) is 1.03. The Morgan fingerprint density at radius 1 is 1.33 bits per heavy atom. The Bertz CT molecular complexity index is 241. The Kier molecular flexibility index (Phi) is 3.61. The van der Waals surface area contributed by atoms with Gasteiger partial charge in [0.25, 0.3) is 0 Å². The van der Waals surface area contributed by atoms with Gasteiger partial charge in [-0.05, 0) is 30.4 Å². The summed E-state index contributed by atoms with van der Waals surface area (Å²) in [5.74, 6) is 0.626. The third kappa shape index (κ3) is 2.86. The van der Waals surface area contributed by atoms with E-state index in [4.69, 9.17) is 11.6 Å². The van der Waals surface area contributed by atoms with Crippen LogP contribution in [0.2, 0.25) is 5.02 Å². The quantitative estimate of drug-likeness (QED) is 0.667. The summed E-state index contributed by atoms with van der Waals surface area (Å²) < 4.78 is 0. The lowest BCUT2D eigenvalue weighted by Crippen LogP contribution is -1.93. The maximum Gasteiger partial charge on any atom is 0.0438 e. The molecule has 0 unspecified atom stereocenters. The van der Waals surface area contributed by atoms with Gasteiger partial charge >= 0.3 is 0 Å². The fourth-order valence-corrected chi connectivity index (χ4v) is 1.24. The van der Waals surface area contributed by atoms with Crippen LogP contribution in [0.25, 0.3) is 0 Å². The van der Waals surface area contributed by atoms with Gasteiger partial charge in [0.05, 0.1) is 0 Å². The molecule has 0 fully saturated rings. The molecule has 1 aromatic carbocycles. The van der Waals surface area contributed by atoms with Gasteiger partial charge in [0.15, 0.2) is 0 Å². The van der Waals surface area contributed by atoms with Gasteiger partial charge in [-0.25, -0.2) is 0 Å². The molecule has 0 bridgehead atoms.